The summed E-state index contributed by atoms with van der Waals surface area (Å²) >= 11 is 0. The average molecular weight is 415 g/mol. The van der Waals surface area contributed by atoms with Crippen LogP contribution in [-0.4, -0.2) is 81.6 Å². The largest absolute Gasteiger partial charge is 0.493 e. The van der Waals surface area contributed by atoms with Gasteiger partial charge in [-0.1, -0.05) is 25.0 Å². The van der Waals surface area contributed by atoms with Crippen molar-refractivity contribution in [1.29, 1.82) is 0 Å². The molecule has 4 aliphatic rings. The van der Waals surface area contributed by atoms with Crippen LogP contribution in [-0.2, 0) is 14.9 Å². The van der Waals surface area contributed by atoms with Gasteiger partial charge in [-0.05, 0) is 43.4 Å². The third kappa shape index (κ3) is 4.69. The lowest BCUT2D eigenvalue weighted by Crippen LogP contribution is -2.53. The Morgan fingerprint density at radius 2 is 1.57 bits per heavy atom. The van der Waals surface area contributed by atoms with Crippen LogP contribution in [0, 0.1) is 5.92 Å². The van der Waals surface area contributed by atoms with Crippen LogP contribution in [0.3, 0.4) is 0 Å². The number of nitrogens with zero attached hydrogens (tertiary/aromatic N) is 2. The van der Waals surface area contributed by atoms with E-state index in [-0.39, 0.29) is 5.41 Å². The minimum atomic E-state index is 0.198. The predicted molar refractivity (Wildman–Crippen MR) is 118 cm³/mol. The van der Waals surface area contributed by atoms with Crippen LogP contribution in [0.4, 0.5) is 0 Å². The van der Waals surface area contributed by atoms with E-state index in [1.807, 2.05) is 0 Å². The minimum absolute atomic E-state index is 0.198. The van der Waals surface area contributed by atoms with Crippen LogP contribution >= 0.6 is 0 Å². The molecule has 3 aliphatic heterocycles. The Labute approximate surface area is 181 Å². The summed E-state index contributed by atoms with van der Waals surface area (Å²) in [5.74, 6) is 1.72. The normalized spacial score (nSPS) is 26.5. The first-order valence-electron chi connectivity index (χ1n) is 12.2. The van der Waals surface area contributed by atoms with Crippen LogP contribution in [0.5, 0.6) is 5.75 Å². The SMILES string of the molecule is c1cc(C2(CN3CCOCC3)CCOCC2)ccc1OCC1CN(C2CCCC2)C1. The zero-order valence-corrected chi connectivity index (χ0v) is 18.4. The summed E-state index contributed by atoms with van der Waals surface area (Å²) in [5.41, 5.74) is 1.64. The molecule has 30 heavy (non-hydrogen) atoms. The summed E-state index contributed by atoms with van der Waals surface area (Å²) in [4.78, 5) is 5.25. The second-order valence-electron chi connectivity index (χ2n) is 9.87. The van der Waals surface area contributed by atoms with Crippen LogP contribution in [0.2, 0.25) is 0 Å². The highest BCUT2D eigenvalue weighted by Crippen LogP contribution is 2.37. The van der Waals surface area contributed by atoms with Crippen molar-refractivity contribution in [1.82, 2.24) is 9.80 Å². The Balaban J connectivity index is 1.15. The van der Waals surface area contributed by atoms with Gasteiger partial charge in [0, 0.05) is 63.3 Å². The molecule has 0 bridgehead atoms. The molecular formula is C25H38N2O3. The van der Waals surface area contributed by atoms with Crippen molar-refractivity contribution >= 4 is 0 Å². The Hall–Kier alpha value is -1.14. The van der Waals surface area contributed by atoms with Crippen molar-refractivity contribution in [2.24, 2.45) is 5.92 Å². The molecule has 0 unspecified atom stereocenters. The fourth-order valence-corrected chi connectivity index (χ4v) is 5.89. The second kappa shape index (κ2) is 9.56. The van der Waals surface area contributed by atoms with Gasteiger partial charge in [-0.25, -0.2) is 0 Å². The summed E-state index contributed by atoms with van der Waals surface area (Å²) in [6.07, 6.45) is 7.87. The average Bonchev–Trinajstić information content (AvgIpc) is 3.29. The van der Waals surface area contributed by atoms with Crippen LogP contribution in [0.15, 0.2) is 24.3 Å². The van der Waals surface area contributed by atoms with E-state index in [2.05, 4.69) is 34.1 Å². The van der Waals surface area contributed by atoms with Crippen molar-refractivity contribution in [3.63, 3.8) is 0 Å². The first kappa shape index (κ1) is 20.7. The van der Waals surface area contributed by atoms with Gasteiger partial charge in [-0.2, -0.15) is 0 Å². The molecule has 3 heterocycles. The third-order valence-electron chi connectivity index (χ3n) is 7.86. The van der Waals surface area contributed by atoms with E-state index in [0.717, 1.165) is 77.3 Å². The molecule has 5 rings (SSSR count). The van der Waals surface area contributed by atoms with Gasteiger partial charge in [-0.15, -0.1) is 0 Å². The molecule has 1 saturated carbocycles. The standard InChI is InChI=1S/C25H38N2O3/c1-2-4-23(3-1)27-17-21(18-27)19-30-24-7-5-22(6-8-24)25(9-13-28-14-10-25)20-26-11-15-29-16-12-26/h5-8,21,23H,1-4,9-20H2. The lowest BCUT2D eigenvalue weighted by atomic mass is 9.73. The molecule has 1 aromatic rings. The lowest BCUT2D eigenvalue weighted by Gasteiger charge is -2.43. The highest BCUT2D eigenvalue weighted by Gasteiger charge is 2.37. The molecule has 0 spiro atoms. The molecule has 5 heteroatoms. The molecule has 5 nitrogen and oxygen atoms in total. The van der Waals surface area contributed by atoms with E-state index in [0.29, 0.717) is 5.92 Å². The number of ether oxygens (including phenoxy) is 3. The predicted octanol–water partition coefficient (Wildman–Crippen LogP) is 3.32. The molecule has 0 atom stereocenters. The molecule has 1 aromatic carbocycles. The van der Waals surface area contributed by atoms with Crippen molar-refractivity contribution < 1.29 is 14.2 Å². The maximum atomic E-state index is 6.17. The van der Waals surface area contributed by atoms with Gasteiger partial charge >= 0.3 is 0 Å². The number of likely N-dealkylation sites (tertiary alicyclic amines) is 1. The topological polar surface area (TPSA) is 34.2 Å². The molecule has 1 aliphatic carbocycles. The summed E-state index contributed by atoms with van der Waals surface area (Å²) < 4.78 is 17.4. The van der Waals surface area contributed by atoms with Crippen molar-refractivity contribution in [3.8, 4) is 5.75 Å². The number of hydrogen-bond donors (Lipinski definition) is 0. The van der Waals surface area contributed by atoms with Gasteiger partial charge < -0.3 is 14.2 Å². The van der Waals surface area contributed by atoms with Crippen LogP contribution in [0.25, 0.3) is 0 Å². The molecule has 0 amide bonds. The fourth-order valence-electron chi connectivity index (χ4n) is 5.89. The van der Waals surface area contributed by atoms with Crippen molar-refractivity contribution in [2.75, 3.05) is 65.8 Å². The number of hydrogen-bond acceptors (Lipinski definition) is 5. The Bertz CT molecular complexity index is 655. The summed E-state index contributed by atoms with van der Waals surface area (Å²) in [5, 5.41) is 0. The molecule has 0 N–H and O–H groups in total. The van der Waals surface area contributed by atoms with Gasteiger partial charge in [0.1, 0.15) is 5.75 Å². The number of benzene rings is 1. The summed E-state index contributed by atoms with van der Waals surface area (Å²) in [6.45, 7) is 9.96. The Morgan fingerprint density at radius 3 is 2.27 bits per heavy atom. The molecular weight excluding hydrogens is 376 g/mol. The summed E-state index contributed by atoms with van der Waals surface area (Å²) in [7, 11) is 0. The highest BCUT2D eigenvalue weighted by atomic mass is 16.5. The number of rotatable bonds is 7. The van der Waals surface area contributed by atoms with Gasteiger partial charge in [0.15, 0.2) is 0 Å². The first-order chi connectivity index (χ1) is 14.8. The smallest absolute Gasteiger partial charge is 0.119 e. The van der Waals surface area contributed by atoms with Crippen molar-refractivity contribution in [3.05, 3.63) is 29.8 Å². The fraction of sp³-hybridized carbons (Fsp3) is 0.760. The maximum Gasteiger partial charge on any atom is 0.119 e. The molecule has 4 fully saturated rings. The van der Waals surface area contributed by atoms with Gasteiger partial charge in [0.25, 0.3) is 0 Å². The van der Waals surface area contributed by atoms with E-state index >= 15 is 0 Å². The van der Waals surface area contributed by atoms with Crippen LogP contribution in [0.1, 0.15) is 44.1 Å². The Morgan fingerprint density at radius 1 is 0.900 bits per heavy atom. The summed E-state index contributed by atoms with van der Waals surface area (Å²) in [6, 6.07) is 9.88. The monoisotopic (exact) mass is 414 g/mol. The van der Waals surface area contributed by atoms with E-state index < -0.39 is 0 Å². The highest BCUT2D eigenvalue weighted by molar-refractivity contribution is 5.33. The van der Waals surface area contributed by atoms with E-state index in [1.165, 1.54) is 44.3 Å². The van der Waals surface area contributed by atoms with Crippen molar-refractivity contribution in [2.45, 2.75) is 50.0 Å². The quantitative estimate of drug-likeness (QED) is 0.684. The third-order valence-corrected chi connectivity index (χ3v) is 7.86. The van der Waals surface area contributed by atoms with Gasteiger partial charge in [0.2, 0.25) is 0 Å². The molecule has 3 saturated heterocycles. The zero-order chi connectivity index (χ0) is 20.2. The number of morpholine rings is 1. The first-order valence-corrected chi connectivity index (χ1v) is 12.2. The lowest BCUT2D eigenvalue weighted by molar-refractivity contribution is -0.00121. The van der Waals surface area contributed by atoms with E-state index in [4.69, 9.17) is 14.2 Å². The molecule has 166 valence electrons. The zero-order valence-electron chi connectivity index (χ0n) is 18.4. The van der Waals surface area contributed by atoms with Gasteiger partial charge in [-0.3, -0.25) is 9.80 Å². The maximum absolute atomic E-state index is 6.17. The van der Waals surface area contributed by atoms with Crippen LogP contribution < -0.4 is 4.74 Å². The van der Waals surface area contributed by atoms with Gasteiger partial charge in [0.05, 0.1) is 19.8 Å². The molecule has 0 aromatic heterocycles. The Kier molecular flexibility index (Phi) is 6.61. The van der Waals surface area contributed by atoms with E-state index in [1.54, 1.807) is 0 Å². The second-order valence-corrected chi connectivity index (χ2v) is 9.87. The minimum Gasteiger partial charge on any atom is -0.493 e. The molecule has 0 radical (unpaired) electrons. The van der Waals surface area contributed by atoms with E-state index in [9.17, 15) is 0 Å².